The Labute approximate surface area is 166 Å². The van der Waals surface area contributed by atoms with Gasteiger partial charge in [0.25, 0.3) is 5.91 Å². The quantitative estimate of drug-likeness (QED) is 0.621. The summed E-state index contributed by atoms with van der Waals surface area (Å²) in [5, 5.41) is 0. The predicted octanol–water partition coefficient (Wildman–Crippen LogP) is 3.31. The maximum Gasteiger partial charge on any atom is 0.339 e. The fourth-order valence-electron chi connectivity index (χ4n) is 3.18. The minimum Gasteiger partial charge on any atom is -0.452 e. The van der Waals surface area contributed by atoms with Crippen LogP contribution in [0.2, 0.25) is 0 Å². The molecule has 0 spiro atoms. The summed E-state index contributed by atoms with van der Waals surface area (Å²) in [6, 6.07) is 16.2. The molecule has 0 atom stereocenters. The highest BCUT2D eigenvalue weighted by Crippen LogP contribution is 2.28. The van der Waals surface area contributed by atoms with Gasteiger partial charge in [-0.1, -0.05) is 42.5 Å². The Bertz CT molecular complexity index is 1060. The number of rotatable bonds is 5. The molecule has 1 aliphatic heterocycles. The van der Waals surface area contributed by atoms with E-state index in [1.165, 1.54) is 0 Å². The molecule has 29 heavy (non-hydrogen) atoms. The molecule has 2 heterocycles. The molecule has 1 aliphatic rings. The molecular weight excluding hydrogens is 372 g/mol. The van der Waals surface area contributed by atoms with Crippen molar-refractivity contribution in [2.75, 3.05) is 13.2 Å². The lowest BCUT2D eigenvalue weighted by molar-refractivity contribution is -0.143. The van der Waals surface area contributed by atoms with Gasteiger partial charge in [-0.2, -0.15) is 0 Å². The van der Waals surface area contributed by atoms with Crippen LogP contribution < -0.4 is 0 Å². The standard InChI is InChI=1S/C22H18N2O5/c25-19-11-6-12-24(19)20(26)14-28-22(27)17-10-5-4-9-16(17)21-23-13-18(29-21)15-7-2-1-3-8-15/h1-5,7-10,13H,6,11-12,14H2. The maximum absolute atomic E-state index is 12.6. The number of carbonyl (C=O) groups excluding carboxylic acids is 3. The zero-order chi connectivity index (χ0) is 20.2. The number of imide groups is 1. The van der Waals surface area contributed by atoms with Crippen LogP contribution in [0.1, 0.15) is 23.2 Å². The summed E-state index contributed by atoms with van der Waals surface area (Å²) in [6.07, 6.45) is 2.57. The van der Waals surface area contributed by atoms with E-state index in [0.29, 0.717) is 30.7 Å². The molecule has 7 heteroatoms. The molecule has 0 bridgehead atoms. The highest BCUT2D eigenvalue weighted by atomic mass is 16.5. The van der Waals surface area contributed by atoms with E-state index in [2.05, 4.69) is 4.98 Å². The number of hydrogen-bond acceptors (Lipinski definition) is 6. The zero-order valence-corrected chi connectivity index (χ0v) is 15.5. The van der Waals surface area contributed by atoms with E-state index in [9.17, 15) is 14.4 Å². The molecule has 2 amide bonds. The number of hydrogen-bond donors (Lipinski definition) is 0. The van der Waals surface area contributed by atoms with Crippen LogP contribution >= 0.6 is 0 Å². The van der Waals surface area contributed by atoms with Crippen molar-refractivity contribution in [3.63, 3.8) is 0 Å². The van der Waals surface area contributed by atoms with E-state index in [4.69, 9.17) is 9.15 Å². The van der Waals surface area contributed by atoms with Crippen LogP contribution in [0.25, 0.3) is 22.8 Å². The molecule has 1 aromatic heterocycles. The van der Waals surface area contributed by atoms with Gasteiger partial charge >= 0.3 is 5.97 Å². The van der Waals surface area contributed by atoms with Crippen molar-refractivity contribution in [3.05, 3.63) is 66.4 Å². The number of carbonyl (C=O) groups is 3. The summed E-state index contributed by atoms with van der Waals surface area (Å²) in [7, 11) is 0. The van der Waals surface area contributed by atoms with Crippen molar-refractivity contribution < 1.29 is 23.5 Å². The number of aromatic nitrogens is 1. The Hall–Kier alpha value is -3.74. The fourth-order valence-corrected chi connectivity index (χ4v) is 3.18. The van der Waals surface area contributed by atoms with E-state index in [1.807, 2.05) is 30.3 Å². The maximum atomic E-state index is 12.6. The minimum absolute atomic E-state index is 0.231. The normalized spacial score (nSPS) is 13.5. The van der Waals surface area contributed by atoms with Gasteiger partial charge in [0.2, 0.25) is 11.8 Å². The van der Waals surface area contributed by atoms with Gasteiger partial charge in [0.05, 0.1) is 17.3 Å². The number of amides is 2. The lowest BCUT2D eigenvalue weighted by Gasteiger charge is -2.13. The lowest BCUT2D eigenvalue weighted by atomic mass is 10.1. The second-order valence-corrected chi connectivity index (χ2v) is 6.56. The molecule has 0 unspecified atom stereocenters. The SMILES string of the molecule is O=C(OCC(=O)N1CCCC1=O)c1ccccc1-c1ncc(-c2ccccc2)o1. The first-order chi connectivity index (χ1) is 14.1. The van der Waals surface area contributed by atoms with E-state index >= 15 is 0 Å². The number of nitrogens with zero attached hydrogens (tertiary/aromatic N) is 2. The van der Waals surface area contributed by atoms with Gasteiger partial charge in [0, 0.05) is 18.5 Å². The molecule has 7 nitrogen and oxygen atoms in total. The highest BCUT2D eigenvalue weighted by molar-refractivity contribution is 6.00. The number of benzene rings is 2. The molecular formula is C22H18N2O5. The molecule has 0 N–H and O–H groups in total. The zero-order valence-electron chi connectivity index (χ0n) is 15.5. The van der Waals surface area contributed by atoms with Crippen molar-refractivity contribution in [3.8, 4) is 22.8 Å². The Balaban J connectivity index is 1.51. The number of esters is 1. The van der Waals surface area contributed by atoms with Crippen molar-refractivity contribution in [2.45, 2.75) is 12.8 Å². The Morgan fingerprint density at radius 1 is 1.07 bits per heavy atom. The molecule has 0 saturated carbocycles. The van der Waals surface area contributed by atoms with E-state index in [0.717, 1.165) is 10.5 Å². The van der Waals surface area contributed by atoms with Gasteiger partial charge in [0.15, 0.2) is 12.4 Å². The van der Waals surface area contributed by atoms with Gasteiger partial charge in [0.1, 0.15) is 0 Å². The second kappa shape index (κ2) is 8.10. The van der Waals surface area contributed by atoms with Crippen LogP contribution in [-0.4, -0.2) is 40.8 Å². The molecule has 0 aliphatic carbocycles. The van der Waals surface area contributed by atoms with Gasteiger partial charge in [-0.15, -0.1) is 0 Å². The van der Waals surface area contributed by atoms with Crippen molar-refractivity contribution >= 4 is 17.8 Å². The number of ether oxygens (including phenoxy) is 1. The molecule has 1 saturated heterocycles. The predicted molar refractivity (Wildman–Crippen MR) is 104 cm³/mol. The lowest BCUT2D eigenvalue weighted by Crippen LogP contribution is -2.35. The summed E-state index contributed by atoms with van der Waals surface area (Å²) in [4.78, 5) is 41.7. The monoisotopic (exact) mass is 390 g/mol. The van der Waals surface area contributed by atoms with E-state index in [-0.39, 0.29) is 17.4 Å². The van der Waals surface area contributed by atoms with Gasteiger partial charge in [-0.05, 0) is 18.6 Å². The third-order valence-corrected chi connectivity index (χ3v) is 4.64. The summed E-state index contributed by atoms with van der Waals surface area (Å²) in [6.45, 7) is -0.121. The van der Waals surface area contributed by atoms with Crippen LogP contribution in [0.15, 0.2) is 65.2 Å². The van der Waals surface area contributed by atoms with Gasteiger partial charge in [-0.25, -0.2) is 9.78 Å². The van der Waals surface area contributed by atoms with E-state index in [1.54, 1.807) is 30.5 Å². The minimum atomic E-state index is -0.681. The number of likely N-dealkylation sites (tertiary alicyclic amines) is 1. The van der Waals surface area contributed by atoms with Crippen LogP contribution in [0.5, 0.6) is 0 Å². The molecule has 2 aromatic carbocycles. The summed E-state index contributed by atoms with van der Waals surface area (Å²) < 4.78 is 11.0. The van der Waals surface area contributed by atoms with Crippen LogP contribution in [0, 0.1) is 0 Å². The summed E-state index contributed by atoms with van der Waals surface area (Å²) >= 11 is 0. The van der Waals surface area contributed by atoms with Crippen molar-refractivity contribution in [2.24, 2.45) is 0 Å². The van der Waals surface area contributed by atoms with Gasteiger partial charge in [-0.3, -0.25) is 14.5 Å². The first kappa shape index (κ1) is 18.6. The largest absolute Gasteiger partial charge is 0.452 e. The molecule has 3 aromatic rings. The summed E-state index contributed by atoms with van der Waals surface area (Å²) in [5.41, 5.74) is 1.56. The third kappa shape index (κ3) is 3.94. The highest BCUT2D eigenvalue weighted by Gasteiger charge is 2.27. The number of oxazole rings is 1. The van der Waals surface area contributed by atoms with Crippen LogP contribution in [0.4, 0.5) is 0 Å². The topological polar surface area (TPSA) is 89.7 Å². The Morgan fingerprint density at radius 3 is 2.59 bits per heavy atom. The molecule has 1 fully saturated rings. The Morgan fingerprint density at radius 2 is 1.83 bits per heavy atom. The molecule has 4 rings (SSSR count). The second-order valence-electron chi connectivity index (χ2n) is 6.56. The van der Waals surface area contributed by atoms with Crippen LogP contribution in [0.3, 0.4) is 0 Å². The first-order valence-corrected chi connectivity index (χ1v) is 9.24. The van der Waals surface area contributed by atoms with Crippen molar-refractivity contribution in [1.29, 1.82) is 0 Å². The average Bonchev–Trinajstić information content (AvgIpc) is 3.42. The third-order valence-electron chi connectivity index (χ3n) is 4.64. The fraction of sp³-hybridized carbons (Fsp3) is 0.182. The first-order valence-electron chi connectivity index (χ1n) is 9.24. The summed E-state index contributed by atoms with van der Waals surface area (Å²) in [5.74, 6) is -0.579. The van der Waals surface area contributed by atoms with Crippen molar-refractivity contribution in [1.82, 2.24) is 9.88 Å². The molecule has 0 radical (unpaired) electrons. The molecule has 146 valence electrons. The average molecular weight is 390 g/mol. The van der Waals surface area contributed by atoms with Gasteiger partial charge < -0.3 is 9.15 Å². The van der Waals surface area contributed by atoms with E-state index < -0.39 is 18.5 Å². The smallest absolute Gasteiger partial charge is 0.339 e. The Kier molecular flexibility index (Phi) is 5.20. The van der Waals surface area contributed by atoms with Crippen LogP contribution in [-0.2, 0) is 14.3 Å².